The summed E-state index contributed by atoms with van der Waals surface area (Å²) in [7, 11) is 1.77. The quantitative estimate of drug-likeness (QED) is 0.734. The first-order chi connectivity index (χ1) is 13.1. The maximum absolute atomic E-state index is 12.8. The van der Waals surface area contributed by atoms with Crippen LogP contribution in [-0.2, 0) is 19.6 Å². The molecule has 3 rings (SSSR count). The number of halogens is 3. The highest BCUT2D eigenvalue weighted by Gasteiger charge is 2.30. The van der Waals surface area contributed by atoms with Crippen molar-refractivity contribution in [3.63, 3.8) is 0 Å². The maximum atomic E-state index is 12.8. The highest BCUT2D eigenvalue weighted by atomic mass is 19.4. The zero-order chi connectivity index (χ0) is 20.6. The molecule has 0 saturated heterocycles. The van der Waals surface area contributed by atoms with Gasteiger partial charge >= 0.3 is 6.18 Å². The van der Waals surface area contributed by atoms with Gasteiger partial charge in [0.15, 0.2) is 5.65 Å². The van der Waals surface area contributed by atoms with E-state index >= 15 is 0 Å². The van der Waals surface area contributed by atoms with Gasteiger partial charge in [-0.05, 0) is 51.0 Å². The summed E-state index contributed by atoms with van der Waals surface area (Å²) < 4.78 is 39.6. The Kier molecular flexibility index (Phi) is 5.14. The molecule has 3 aromatic rings. The number of rotatable bonds is 4. The zero-order valence-electron chi connectivity index (χ0n) is 16.1. The Balaban J connectivity index is 1.77. The van der Waals surface area contributed by atoms with Gasteiger partial charge in [-0.2, -0.15) is 18.3 Å². The molecule has 1 unspecified atom stereocenters. The van der Waals surface area contributed by atoms with Gasteiger partial charge in [0, 0.05) is 18.8 Å². The molecule has 1 aromatic carbocycles. The van der Waals surface area contributed by atoms with E-state index in [1.54, 1.807) is 17.8 Å². The Morgan fingerprint density at radius 3 is 2.46 bits per heavy atom. The molecule has 0 fully saturated rings. The molecule has 0 aliphatic heterocycles. The molecule has 0 aliphatic carbocycles. The van der Waals surface area contributed by atoms with Crippen molar-refractivity contribution in [3.05, 3.63) is 58.4 Å². The third kappa shape index (κ3) is 4.00. The number of fused-ring (bicyclic) bond motifs is 1. The third-order valence-electron chi connectivity index (χ3n) is 4.54. The molecule has 5 nitrogen and oxygen atoms in total. The molecule has 0 aliphatic rings. The molecular formula is C20H21F3N4O. The van der Waals surface area contributed by atoms with E-state index in [9.17, 15) is 18.0 Å². The number of benzene rings is 1. The topological polar surface area (TPSA) is 59.8 Å². The lowest BCUT2D eigenvalue weighted by molar-refractivity contribution is -0.137. The van der Waals surface area contributed by atoms with Crippen LogP contribution < -0.4 is 5.32 Å². The molecule has 1 amide bonds. The van der Waals surface area contributed by atoms with E-state index in [1.165, 1.54) is 12.1 Å². The molecule has 1 atom stereocenters. The Morgan fingerprint density at radius 1 is 1.21 bits per heavy atom. The van der Waals surface area contributed by atoms with Gasteiger partial charge in [0.2, 0.25) is 0 Å². The van der Waals surface area contributed by atoms with Crippen molar-refractivity contribution >= 4 is 16.9 Å². The lowest BCUT2D eigenvalue weighted by Crippen LogP contribution is -2.34. The molecule has 0 spiro atoms. The molecule has 2 heterocycles. The van der Waals surface area contributed by atoms with E-state index in [4.69, 9.17) is 0 Å². The molecule has 148 valence electrons. The Hall–Kier alpha value is -2.90. The van der Waals surface area contributed by atoms with E-state index in [0.29, 0.717) is 34.4 Å². The van der Waals surface area contributed by atoms with Crippen molar-refractivity contribution in [3.8, 4) is 0 Å². The Labute approximate surface area is 160 Å². The van der Waals surface area contributed by atoms with Crippen molar-refractivity contribution in [2.75, 3.05) is 0 Å². The summed E-state index contributed by atoms with van der Waals surface area (Å²) in [6.45, 7) is 5.45. The van der Waals surface area contributed by atoms with Crippen molar-refractivity contribution in [2.24, 2.45) is 7.05 Å². The molecule has 28 heavy (non-hydrogen) atoms. The number of nitrogens with zero attached hydrogens (tertiary/aromatic N) is 3. The standard InChI is InChI=1S/C20H21F3N4O/c1-11(9-14-5-7-15(8-6-14)20(21,22)23)25-19(28)16-10-12(2)24-18-17(16)13(3)26-27(18)4/h5-8,10-11H,9H2,1-4H3,(H,25,28). The number of aryl methyl sites for hydroxylation is 3. The number of nitrogens with one attached hydrogen (secondary N) is 1. The van der Waals surface area contributed by atoms with Gasteiger partial charge in [-0.1, -0.05) is 12.1 Å². The highest BCUT2D eigenvalue weighted by Crippen LogP contribution is 2.29. The zero-order valence-corrected chi connectivity index (χ0v) is 16.1. The fourth-order valence-corrected chi connectivity index (χ4v) is 3.28. The monoisotopic (exact) mass is 390 g/mol. The second-order valence-electron chi connectivity index (χ2n) is 6.99. The number of hydrogen-bond acceptors (Lipinski definition) is 3. The minimum absolute atomic E-state index is 0.258. The van der Waals surface area contributed by atoms with E-state index in [1.807, 2.05) is 20.8 Å². The van der Waals surface area contributed by atoms with Crippen LogP contribution >= 0.6 is 0 Å². The number of pyridine rings is 1. The van der Waals surface area contributed by atoms with Crippen LogP contribution in [0.15, 0.2) is 30.3 Å². The summed E-state index contributed by atoms with van der Waals surface area (Å²) in [6, 6.07) is 6.44. The van der Waals surface area contributed by atoms with Crippen LogP contribution in [0.5, 0.6) is 0 Å². The molecule has 1 N–H and O–H groups in total. The highest BCUT2D eigenvalue weighted by molar-refractivity contribution is 6.06. The van der Waals surface area contributed by atoms with E-state index in [2.05, 4.69) is 15.4 Å². The molecule has 0 radical (unpaired) electrons. The van der Waals surface area contributed by atoms with Crippen LogP contribution in [0, 0.1) is 13.8 Å². The first-order valence-corrected chi connectivity index (χ1v) is 8.84. The average molecular weight is 390 g/mol. The number of aromatic nitrogens is 3. The van der Waals surface area contributed by atoms with Gasteiger partial charge in [-0.25, -0.2) is 4.98 Å². The maximum Gasteiger partial charge on any atom is 0.416 e. The summed E-state index contributed by atoms with van der Waals surface area (Å²) in [6.07, 6.45) is -3.94. The van der Waals surface area contributed by atoms with Crippen LogP contribution in [0.3, 0.4) is 0 Å². The summed E-state index contributed by atoms with van der Waals surface area (Å²) in [5.74, 6) is -0.258. The first kappa shape index (κ1) is 19.9. The minimum atomic E-state index is -4.36. The van der Waals surface area contributed by atoms with Crippen molar-refractivity contribution in [2.45, 2.75) is 39.4 Å². The molecular weight excluding hydrogens is 369 g/mol. The number of hydrogen-bond donors (Lipinski definition) is 1. The largest absolute Gasteiger partial charge is 0.416 e. The fourth-order valence-electron chi connectivity index (χ4n) is 3.28. The lowest BCUT2D eigenvalue weighted by Gasteiger charge is -2.15. The molecule has 0 saturated carbocycles. The summed E-state index contributed by atoms with van der Waals surface area (Å²) in [4.78, 5) is 17.3. The smallest absolute Gasteiger partial charge is 0.349 e. The Bertz CT molecular complexity index is 1020. The van der Waals surface area contributed by atoms with Crippen molar-refractivity contribution in [1.82, 2.24) is 20.1 Å². The Morgan fingerprint density at radius 2 is 1.86 bits per heavy atom. The van der Waals surface area contributed by atoms with Gasteiger partial charge in [-0.3, -0.25) is 9.48 Å². The van der Waals surface area contributed by atoms with Crippen LogP contribution in [-0.4, -0.2) is 26.7 Å². The van der Waals surface area contributed by atoms with E-state index in [-0.39, 0.29) is 11.9 Å². The number of amides is 1. The van der Waals surface area contributed by atoms with Gasteiger partial charge in [0.1, 0.15) is 0 Å². The van der Waals surface area contributed by atoms with Gasteiger partial charge in [0.25, 0.3) is 5.91 Å². The number of alkyl halides is 3. The van der Waals surface area contributed by atoms with Crippen LogP contribution in [0.4, 0.5) is 13.2 Å². The fraction of sp³-hybridized carbons (Fsp3) is 0.350. The van der Waals surface area contributed by atoms with Gasteiger partial charge < -0.3 is 5.32 Å². The van der Waals surface area contributed by atoms with Crippen LogP contribution in [0.25, 0.3) is 11.0 Å². The summed E-state index contributed by atoms with van der Waals surface area (Å²) >= 11 is 0. The first-order valence-electron chi connectivity index (χ1n) is 8.84. The minimum Gasteiger partial charge on any atom is -0.349 e. The van der Waals surface area contributed by atoms with Crippen LogP contribution in [0.1, 0.15) is 39.8 Å². The predicted molar refractivity (Wildman–Crippen MR) is 100 cm³/mol. The van der Waals surface area contributed by atoms with Crippen LogP contribution in [0.2, 0.25) is 0 Å². The van der Waals surface area contributed by atoms with E-state index < -0.39 is 11.7 Å². The van der Waals surface area contributed by atoms with Gasteiger partial charge in [-0.15, -0.1) is 0 Å². The van der Waals surface area contributed by atoms with Gasteiger partial charge in [0.05, 0.1) is 22.2 Å². The number of carbonyl (C=O) groups is 1. The predicted octanol–water partition coefficient (Wildman–Crippen LogP) is 3.96. The molecule has 0 bridgehead atoms. The van der Waals surface area contributed by atoms with Crippen molar-refractivity contribution in [1.29, 1.82) is 0 Å². The normalized spacial score (nSPS) is 13.0. The lowest BCUT2D eigenvalue weighted by atomic mass is 10.0. The molecule has 8 heteroatoms. The van der Waals surface area contributed by atoms with Crippen molar-refractivity contribution < 1.29 is 18.0 Å². The second-order valence-corrected chi connectivity index (χ2v) is 6.99. The number of carbonyl (C=O) groups excluding carboxylic acids is 1. The molecule has 2 aromatic heterocycles. The SMILES string of the molecule is Cc1cc(C(=O)NC(C)Cc2ccc(C(F)(F)F)cc2)c2c(C)nn(C)c2n1. The summed E-state index contributed by atoms with van der Waals surface area (Å²) in [5.41, 5.74) is 2.58. The second kappa shape index (κ2) is 7.26. The summed E-state index contributed by atoms with van der Waals surface area (Å²) in [5, 5.41) is 7.95. The van der Waals surface area contributed by atoms with E-state index in [0.717, 1.165) is 17.7 Å². The third-order valence-corrected chi connectivity index (χ3v) is 4.54. The average Bonchev–Trinajstić information content (AvgIpc) is 2.87.